The summed E-state index contributed by atoms with van der Waals surface area (Å²) in [5, 5.41) is 50.1. The zero-order valence-electron chi connectivity index (χ0n) is 18.1. The van der Waals surface area contributed by atoms with E-state index in [1.807, 2.05) is 0 Å². The van der Waals surface area contributed by atoms with E-state index in [2.05, 4.69) is 0 Å². The summed E-state index contributed by atoms with van der Waals surface area (Å²) < 4.78 is 21.3. The van der Waals surface area contributed by atoms with Crippen LogP contribution in [-0.2, 0) is 14.3 Å². The van der Waals surface area contributed by atoms with Crippen LogP contribution < -0.4 is 10.2 Å². The number of phenols is 2. The Morgan fingerprint density at radius 3 is 2.49 bits per heavy atom. The van der Waals surface area contributed by atoms with Gasteiger partial charge < -0.3 is 44.2 Å². The molecule has 4 rings (SSSR count). The van der Waals surface area contributed by atoms with Crippen LogP contribution in [0.25, 0.3) is 17.0 Å². The molecule has 1 aliphatic heterocycles. The maximum Gasteiger partial charge on any atom is 0.330 e. The van der Waals surface area contributed by atoms with Crippen LogP contribution in [0.2, 0.25) is 0 Å². The Hall–Kier alpha value is -3.90. The van der Waals surface area contributed by atoms with Crippen LogP contribution in [0.1, 0.15) is 5.56 Å². The van der Waals surface area contributed by atoms with E-state index in [9.17, 15) is 35.1 Å². The molecule has 0 saturated carbocycles. The Morgan fingerprint density at radius 2 is 1.74 bits per heavy atom. The van der Waals surface area contributed by atoms with E-state index >= 15 is 0 Å². The summed E-state index contributed by atoms with van der Waals surface area (Å²) in [5.74, 6) is -1.16. The Morgan fingerprint density at radius 1 is 1.00 bits per heavy atom. The van der Waals surface area contributed by atoms with Crippen molar-refractivity contribution in [1.82, 2.24) is 0 Å². The first-order valence-corrected chi connectivity index (χ1v) is 10.5. The van der Waals surface area contributed by atoms with Crippen LogP contribution in [0, 0.1) is 0 Å². The fourth-order valence-electron chi connectivity index (χ4n) is 3.49. The van der Waals surface area contributed by atoms with Gasteiger partial charge in [0.25, 0.3) is 0 Å². The Labute approximate surface area is 197 Å². The molecule has 5 atom stereocenters. The van der Waals surface area contributed by atoms with Crippen molar-refractivity contribution in [3.05, 3.63) is 70.6 Å². The van der Waals surface area contributed by atoms with Gasteiger partial charge in [0.1, 0.15) is 59.2 Å². The number of rotatable bonds is 6. The molecule has 2 heterocycles. The van der Waals surface area contributed by atoms with E-state index in [1.165, 1.54) is 24.3 Å². The highest BCUT2D eigenvalue weighted by atomic mass is 16.7. The third kappa shape index (κ3) is 5.44. The van der Waals surface area contributed by atoms with Gasteiger partial charge in [0, 0.05) is 24.3 Å². The van der Waals surface area contributed by atoms with Crippen LogP contribution in [0.15, 0.2) is 64.0 Å². The number of benzene rings is 2. The normalized spacial score (nSPS) is 24.5. The second-order valence-electron chi connectivity index (χ2n) is 7.79. The SMILES string of the molecule is O=C(C=Cc1ccc(O)cc1)OC[C@H]1O[C@@H](Oc2cc(O)c3c(=O)ccoc3c2)[C@H](O)[C@@H](O)[C@@H]1O. The lowest BCUT2D eigenvalue weighted by Crippen LogP contribution is -2.60. The largest absolute Gasteiger partial charge is 0.508 e. The number of hydrogen-bond acceptors (Lipinski definition) is 11. The van der Waals surface area contributed by atoms with Crippen molar-refractivity contribution >= 4 is 23.0 Å². The van der Waals surface area contributed by atoms with Crippen LogP contribution in [-0.4, -0.2) is 68.8 Å². The average molecular weight is 486 g/mol. The van der Waals surface area contributed by atoms with Gasteiger partial charge in [0.2, 0.25) is 6.29 Å². The molecule has 2 aromatic carbocycles. The molecule has 0 aliphatic carbocycles. The number of aliphatic hydroxyl groups excluding tert-OH is 3. The smallest absolute Gasteiger partial charge is 0.330 e. The van der Waals surface area contributed by atoms with Crippen LogP contribution >= 0.6 is 0 Å². The molecule has 0 radical (unpaired) electrons. The lowest BCUT2D eigenvalue weighted by atomic mass is 9.99. The van der Waals surface area contributed by atoms with E-state index < -0.39 is 54.5 Å². The Bertz CT molecular complexity index is 1280. The first-order valence-electron chi connectivity index (χ1n) is 10.5. The highest BCUT2D eigenvalue weighted by molar-refractivity contribution is 5.87. The van der Waals surface area contributed by atoms with Crippen molar-refractivity contribution in [3.8, 4) is 17.2 Å². The van der Waals surface area contributed by atoms with Gasteiger partial charge in [-0.25, -0.2) is 4.79 Å². The third-order valence-electron chi connectivity index (χ3n) is 5.33. The molecule has 3 aromatic rings. The first-order chi connectivity index (χ1) is 16.7. The van der Waals surface area contributed by atoms with Crippen molar-refractivity contribution in [2.24, 2.45) is 0 Å². The van der Waals surface area contributed by atoms with Gasteiger partial charge in [-0.3, -0.25) is 4.79 Å². The standard InChI is InChI=1S/C24H22O11/c25-13-4-1-12(2-5-13)3-6-19(28)33-11-18-21(29)22(30)23(31)24(35-18)34-14-9-16(27)20-15(26)7-8-32-17(20)10-14/h1-10,18,21-25,27,29-31H,11H2/t18-,21-,22+,23-,24-/m1/s1. The van der Waals surface area contributed by atoms with Gasteiger partial charge in [-0.2, -0.15) is 0 Å². The quantitative estimate of drug-likeness (QED) is 0.244. The average Bonchev–Trinajstić information content (AvgIpc) is 2.83. The third-order valence-corrected chi connectivity index (χ3v) is 5.33. The van der Waals surface area contributed by atoms with E-state index in [0.29, 0.717) is 5.56 Å². The fraction of sp³-hybridized carbons (Fsp3) is 0.250. The zero-order chi connectivity index (χ0) is 25.1. The fourth-order valence-corrected chi connectivity index (χ4v) is 3.49. The number of esters is 1. The first kappa shape index (κ1) is 24.2. The molecule has 184 valence electrons. The maximum absolute atomic E-state index is 12.0. The van der Waals surface area contributed by atoms with Crippen molar-refractivity contribution in [1.29, 1.82) is 0 Å². The Balaban J connectivity index is 1.42. The molecule has 11 heteroatoms. The van der Waals surface area contributed by atoms with Crippen LogP contribution in [0.4, 0.5) is 0 Å². The second-order valence-corrected chi connectivity index (χ2v) is 7.79. The summed E-state index contributed by atoms with van der Waals surface area (Å²) in [7, 11) is 0. The number of carbonyl (C=O) groups is 1. The van der Waals surface area contributed by atoms with Gasteiger partial charge in [-0.05, 0) is 23.8 Å². The summed E-state index contributed by atoms with van der Waals surface area (Å²) in [6.45, 7) is -0.471. The van der Waals surface area contributed by atoms with Crippen molar-refractivity contribution in [2.75, 3.05) is 6.61 Å². The molecular formula is C24H22O11. The van der Waals surface area contributed by atoms with Crippen molar-refractivity contribution < 1.29 is 49.0 Å². The monoisotopic (exact) mass is 486 g/mol. The predicted molar refractivity (Wildman–Crippen MR) is 120 cm³/mol. The zero-order valence-corrected chi connectivity index (χ0v) is 18.1. The molecule has 0 unspecified atom stereocenters. The molecule has 0 spiro atoms. The topological polar surface area (TPSA) is 176 Å². The molecule has 0 amide bonds. The summed E-state index contributed by atoms with van der Waals surface area (Å²) >= 11 is 0. The van der Waals surface area contributed by atoms with Crippen LogP contribution in [0.5, 0.6) is 17.2 Å². The van der Waals surface area contributed by atoms with Crippen LogP contribution in [0.3, 0.4) is 0 Å². The molecule has 1 aromatic heterocycles. The Kier molecular flexibility index (Phi) is 7.03. The molecule has 1 fully saturated rings. The minimum atomic E-state index is -1.70. The van der Waals surface area contributed by atoms with Gasteiger partial charge in [0.05, 0.1) is 6.26 Å². The second kappa shape index (κ2) is 10.2. The number of aromatic hydroxyl groups is 2. The number of fused-ring (bicyclic) bond motifs is 1. The molecule has 1 saturated heterocycles. The summed E-state index contributed by atoms with van der Waals surface area (Å²) in [6, 6.07) is 9.61. The molecule has 35 heavy (non-hydrogen) atoms. The highest BCUT2D eigenvalue weighted by Crippen LogP contribution is 2.31. The minimum absolute atomic E-state index is 0.0179. The molecule has 0 bridgehead atoms. The lowest BCUT2D eigenvalue weighted by Gasteiger charge is -2.39. The summed E-state index contributed by atoms with van der Waals surface area (Å²) in [5.41, 5.74) is 0.184. The van der Waals surface area contributed by atoms with Gasteiger partial charge in [-0.1, -0.05) is 12.1 Å². The molecule has 1 aliphatic rings. The molecular weight excluding hydrogens is 464 g/mol. The summed E-state index contributed by atoms with van der Waals surface area (Å²) in [4.78, 5) is 23.9. The number of carbonyl (C=O) groups excluding carboxylic acids is 1. The maximum atomic E-state index is 12.0. The lowest BCUT2D eigenvalue weighted by molar-refractivity contribution is -0.278. The molecule has 5 N–H and O–H groups in total. The van der Waals surface area contributed by atoms with Gasteiger partial charge >= 0.3 is 5.97 Å². The van der Waals surface area contributed by atoms with Gasteiger partial charge in [0.15, 0.2) is 5.43 Å². The van der Waals surface area contributed by atoms with Crippen molar-refractivity contribution in [2.45, 2.75) is 30.7 Å². The summed E-state index contributed by atoms with van der Waals surface area (Å²) in [6.07, 6.45) is -4.03. The van der Waals surface area contributed by atoms with Crippen molar-refractivity contribution in [3.63, 3.8) is 0 Å². The molecule has 11 nitrogen and oxygen atoms in total. The highest BCUT2D eigenvalue weighted by Gasteiger charge is 2.45. The predicted octanol–water partition coefficient (Wildman–Crippen LogP) is 0.647. The number of phenolic OH excluding ortho intramolecular Hbond substituents is 2. The number of aliphatic hydroxyl groups is 3. The van der Waals surface area contributed by atoms with E-state index in [1.54, 1.807) is 12.1 Å². The minimum Gasteiger partial charge on any atom is -0.508 e. The number of ether oxygens (including phenoxy) is 3. The van der Waals surface area contributed by atoms with E-state index in [0.717, 1.165) is 24.5 Å². The van der Waals surface area contributed by atoms with E-state index in [-0.39, 0.29) is 22.5 Å². The van der Waals surface area contributed by atoms with Gasteiger partial charge in [-0.15, -0.1) is 0 Å². The van der Waals surface area contributed by atoms with E-state index in [4.69, 9.17) is 18.6 Å². The number of hydrogen-bond donors (Lipinski definition) is 5.